The lowest BCUT2D eigenvalue weighted by Gasteiger charge is -2.28. The minimum absolute atomic E-state index is 0. The standard InChI is InChI=1S/C21H27FN4S.HI/c1-16-3-4-18(13-20(16)22)15-25-21(23-2)24-14-17-5-7-19(8-6-17)26-9-11-27-12-10-26;/h3-8,13H,9-12,14-15H2,1-2H3,(H2,23,24,25);1H. The molecule has 0 atom stereocenters. The van der Waals surface area contributed by atoms with E-state index in [1.807, 2.05) is 17.8 Å². The van der Waals surface area contributed by atoms with Gasteiger partial charge in [0.2, 0.25) is 0 Å². The highest BCUT2D eigenvalue weighted by molar-refractivity contribution is 14.0. The van der Waals surface area contributed by atoms with Gasteiger partial charge >= 0.3 is 0 Å². The summed E-state index contributed by atoms with van der Waals surface area (Å²) in [6.45, 7) is 5.24. The Morgan fingerprint density at radius 1 is 1.04 bits per heavy atom. The quantitative estimate of drug-likeness (QED) is 0.357. The molecule has 1 aliphatic heterocycles. The zero-order valence-electron chi connectivity index (χ0n) is 16.4. The smallest absolute Gasteiger partial charge is 0.191 e. The normalized spacial score (nSPS) is 14.4. The van der Waals surface area contributed by atoms with Gasteiger partial charge in [0.05, 0.1) is 0 Å². The van der Waals surface area contributed by atoms with E-state index >= 15 is 0 Å². The van der Waals surface area contributed by atoms with Crippen LogP contribution in [-0.4, -0.2) is 37.6 Å². The Bertz CT molecular complexity index is 776. The molecule has 7 heteroatoms. The summed E-state index contributed by atoms with van der Waals surface area (Å²) in [7, 11) is 1.74. The fraction of sp³-hybridized carbons (Fsp3) is 0.381. The van der Waals surface area contributed by atoms with Crippen molar-refractivity contribution in [3.63, 3.8) is 0 Å². The number of halogens is 2. The number of benzene rings is 2. The van der Waals surface area contributed by atoms with Crippen molar-refractivity contribution in [2.75, 3.05) is 36.5 Å². The van der Waals surface area contributed by atoms with E-state index in [0.717, 1.165) is 18.7 Å². The first-order valence-corrected chi connectivity index (χ1v) is 10.4. The van der Waals surface area contributed by atoms with Gasteiger partial charge in [-0.25, -0.2) is 4.39 Å². The van der Waals surface area contributed by atoms with Gasteiger partial charge in [0.25, 0.3) is 0 Å². The van der Waals surface area contributed by atoms with Crippen molar-refractivity contribution in [3.05, 3.63) is 65.0 Å². The number of anilines is 1. The average Bonchev–Trinajstić information content (AvgIpc) is 2.72. The lowest BCUT2D eigenvalue weighted by atomic mass is 10.1. The van der Waals surface area contributed by atoms with Gasteiger partial charge in [-0.2, -0.15) is 11.8 Å². The van der Waals surface area contributed by atoms with Gasteiger partial charge in [0, 0.05) is 50.4 Å². The van der Waals surface area contributed by atoms with Crippen molar-refractivity contribution in [1.29, 1.82) is 0 Å². The van der Waals surface area contributed by atoms with Crippen molar-refractivity contribution >= 4 is 47.4 Å². The van der Waals surface area contributed by atoms with Crippen LogP contribution in [0.5, 0.6) is 0 Å². The van der Waals surface area contributed by atoms with E-state index in [1.54, 1.807) is 26.1 Å². The van der Waals surface area contributed by atoms with Crippen molar-refractivity contribution in [2.45, 2.75) is 20.0 Å². The van der Waals surface area contributed by atoms with Gasteiger partial charge in [-0.15, -0.1) is 24.0 Å². The topological polar surface area (TPSA) is 39.7 Å². The Hall–Kier alpha value is -1.48. The lowest BCUT2D eigenvalue weighted by Crippen LogP contribution is -2.36. The third-order valence-corrected chi connectivity index (χ3v) is 5.63. The molecule has 1 fully saturated rings. The van der Waals surface area contributed by atoms with Crippen molar-refractivity contribution in [1.82, 2.24) is 10.6 Å². The van der Waals surface area contributed by atoms with Crippen molar-refractivity contribution < 1.29 is 4.39 Å². The van der Waals surface area contributed by atoms with Crippen LogP contribution in [0.25, 0.3) is 0 Å². The van der Waals surface area contributed by atoms with Crippen LogP contribution >= 0.6 is 35.7 Å². The van der Waals surface area contributed by atoms with Gasteiger partial charge in [-0.1, -0.05) is 24.3 Å². The molecule has 28 heavy (non-hydrogen) atoms. The number of thioether (sulfide) groups is 1. The first-order valence-electron chi connectivity index (χ1n) is 9.27. The number of hydrogen-bond acceptors (Lipinski definition) is 3. The fourth-order valence-electron chi connectivity index (χ4n) is 2.98. The van der Waals surface area contributed by atoms with Crippen LogP contribution < -0.4 is 15.5 Å². The molecule has 1 saturated heterocycles. The molecular formula is C21H28FIN4S. The predicted molar refractivity (Wildman–Crippen MR) is 130 cm³/mol. The molecule has 0 radical (unpaired) electrons. The van der Waals surface area contributed by atoms with E-state index in [1.165, 1.54) is 22.8 Å². The van der Waals surface area contributed by atoms with Gasteiger partial charge in [-0.05, 0) is 41.8 Å². The highest BCUT2D eigenvalue weighted by atomic mass is 127. The number of rotatable bonds is 5. The number of nitrogens with zero attached hydrogens (tertiary/aromatic N) is 2. The van der Waals surface area contributed by atoms with Crippen LogP contribution in [0.1, 0.15) is 16.7 Å². The second kappa shape index (κ2) is 11.5. The highest BCUT2D eigenvalue weighted by Gasteiger charge is 2.10. The summed E-state index contributed by atoms with van der Waals surface area (Å²) in [6.07, 6.45) is 0. The molecule has 3 rings (SSSR count). The van der Waals surface area contributed by atoms with E-state index < -0.39 is 0 Å². The monoisotopic (exact) mass is 514 g/mol. The molecule has 2 aromatic carbocycles. The number of aliphatic imine (C=N–C) groups is 1. The summed E-state index contributed by atoms with van der Waals surface area (Å²) in [5.74, 6) is 2.93. The maximum absolute atomic E-state index is 13.6. The Morgan fingerprint density at radius 2 is 1.64 bits per heavy atom. The SMILES string of the molecule is CN=C(NCc1ccc(N2CCSCC2)cc1)NCc1ccc(C)c(F)c1.I. The zero-order valence-corrected chi connectivity index (χ0v) is 19.5. The zero-order chi connectivity index (χ0) is 19.1. The molecule has 2 N–H and O–H groups in total. The van der Waals surface area contributed by atoms with Crippen LogP contribution in [-0.2, 0) is 13.1 Å². The van der Waals surface area contributed by atoms with E-state index in [9.17, 15) is 4.39 Å². The lowest BCUT2D eigenvalue weighted by molar-refractivity contribution is 0.615. The van der Waals surface area contributed by atoms with Crippen molar-refractivity contribution in [2.24, 2.45) is 4.99 Å². The van der Waals surface area contributed by atoms with Gasteiger partial charge in [0.15, 0.2) is 5.96 Å². The summed E-state index contributed by atoms with van der Waals surface area (Å²) in [5, 5.41) is 6.54. The number of nitrogens with one attached hydrogen (secondary N) is 2. The van der Waals surface area contributed by atoms with Crippen LogP contribution in [0.3, 0.4) is 0 Å². The van der Waals surface area contributed by atoms with E-state index in [2.05, 4.69) is 44.8 Å². The number of aryl methyl sites for hydroxylation is 1. The average molecular weight is 514 g/mol. The molecule has 1 aliphatic rings. The van der Waals surface area contributed by atoms with Gasteiger partial charge in [0.1, 0.15) is 5.82 Å². The summed E-state index contributed by atoms with van der Waals surface area (Å²) in [6, 6.07) is 14.0. The third kappa shape index (κ3) is 6.55. The van der Waals surface area contributed by atoms with E-state index in [0.29, 0.717) is 24.6 Å². The molecule has 4 nitrogen and oxygen atoms in total. The summed E-state index contributed by atoms with van der Waals surface area (Å²) in [4.78, 5) is 6.68. The molecule has 0 aromatic heterocycles. The first kappa shape index (κ1) is 22.8. The first-order chi connectivity index (χ1) is 13.2. The maximum atomic E-state index is 13.6. The molecule has 152 valence electrons. The Balaban J connectivity index is 0.00000280. The number of guanidine groups is 1. The third-order valence-electron chi connectivity index (χ3n) is 4.69. The molecule has 0 spiro atoms. The Kier molecular flexibility index (Phi) is 9.37. The molecule has 0 unspecified atom stereocenters. The highest BCUT2D eigenvalue weighted by Crippen LogP contribution is 2.19. The van der Waals surface area contributed by atoms with Gasteiger partial charge < -0.3 is 15.5 Å². The minimum atomic E-state index is -0.176. The fourth-order valence-corrected chi connectivity index (χ4v) is 3.89. The second-order valence-electron chi connectivity index (χ2n) is 6.63. The minimum Gasteiger partial charge on any atom is -0.370 e. The van der Waals surface area contributed by atoms with E-state index in [-0.39, 0.29) is 29.8 Å². The maximum Gasteiger partial charge on any atom is 0.191 e. The molecular weight excluding hydrogens is 486 g/mol. The summed E-state index contributed by atoms with van der Waals surface area (Å²) < 4.78 is 13.6. The van der Waals surface area contributed by atoms with Crippen LogP contribution in [0, 0.1) is 12.7 Å². The summed E-state index contributed by atoms with van der Waals surface area (Å²) in [5.41, 5.74) is 4.05. The molecule has 0 saturated carbocycles. The molecule has 0 aliphatic carbocycles. The Labute approximate surface area is 188 Å². The molecule has 1 heterocycles. The van der Waals surface area contributed by atoms with Gasteiger partial charge in [-0.3, -0.25) is 4.99 Å². The second-order valence-corrected chi connectivity index (χ2v) is 7.85. The predicted octanol–water partition coefficient (Wildman–Crippen LogP) is 4.17. The Morgan fingerprint density at radius 3 is 2.25 bits per heavy atom. The van der Waals surface area contributed by atoms with Crippen molar-refractivity contribution in [3.8, 4) is 0 Å². The molecule has 0 bridgehead atoms. The van der Waals surface area contributed by atoms with Crippen LogP contribution in [0.4, 0.5) is 10.1 Å². The summed E-state index contributed by atoms with van der Waals surface area (Å²) >= 11 is 2.02. The largest absolute Gasteiger partial charge is 0.370 e. The molecule has 0 amide bonds. The van der Waals surface area contributed by atoms with Crippen LogP contribution in [0.2, 0.25) is 0 Å². The number of hydrogen-bond donors (Lipinski definition) is 2. The van der Waals surface area contributed by atoms with Crippen LogP contribution in [0.15, 0.2) is 47.5 Å². The van der Waals surface area contributed by atoms with E-state index in [4.69, 9.17) is 0 Å². The molecule has 2 aromatic rings.